The summed E-state index contributed by atoms with van der Waals surface area (Å²) in [5, 5.41) is 14.4. The number of rotatable bonds is 4. The van der Waals surface area contributed by atoms with E-state index in [4.69, 9.17) is 5.11 Å². The lowest BCUT2D eigenvalue weighted by molar-refractivity contribution is -0.143. The smallest absolute Gasteiger partial charge is 0.319 e. The van der Waals surface area contributed by atoms with Crippen LogP contribution in [-0.4, -0.2) is 23.7 Å². The fourth-order valence-corrected chi connectivity index (χ4v) is 2.87. The van der Waals surface area contributed by atoms with Crippen LogP contribution in [0.3, 0.4) is 0 Å². The number of carboxylic acids is 1. The largest absolute Gasteiger partial charge is 0.481 e. The van der Waals surface area contributed by atoms with Crippen molar-refractivity contribution in [2.45, 2.75) is 26.7 Å². The van der Waals surface area contributed by atoms with Crippen molar-refractivity contribution < 1.29 is 14.7 Å². The Morgan fingerprint density at radius 3 is 2.50 bits per heavy atom. The van der Waals surface area contributed by atoms with Gasteiger partial charge in [-0.2, -0.15) is 0 Å². The minimum Gasteiger partial charge on any atom is -0.481 e. The van der Waals surface area contributed by atoms with E-state index in [1.165, 1.54) is 0 Å². The lowest BCUT2D eigenvalue weighted by Gasteiger charge is -2.14. The molecular formula is C14H17BrN2O3. The molecule has 0 unspecified atom stereocenters. The molecule has 1 aliphatic rings. The van der Waals surface area contributed by atoms with Gasteiger partial charge in [0.15, 0.2) is 0 Å². The van der Waals surface area contributed by atoms with Crippen LogP contribution in [0.15, 0.2) is 16.6 Å². The molecule has 3 N–H and O–H groups in total. The second-order valence-corrected chi connectivity index (χ2v) is 6.19. The fourth-order valence-electron chi connectivity index (χ4n) is 2.10. The Bertz CT molecular complexity index is 545. The van der Waals surface area contributed by atoms with Crippen LogP contribution in [-0.2, 0) is 4.79 Å². The number of nitrogens with one attached hydrogen (secondary N) is 2. The number of carbonyl (C=O) groups excluding carboxylic acids is 1. The molecule has 0 aliphatic heterocycles. The van der Waals surface area contributed by atoms with Crippen LogP contribution in [0.5, 0.6) is 0 Å². The Labute approximate surface area is 125 Å². The van der Waals surface area contributed by atoms with Crippen molar-refractivity contribution in [2.75, 3.05) is 11.9 Å². The van der Waals surface area contributed by atoms with Crippen molar-refractivity contribution >= 4 is 33.6 Å². The summed E-state index contributed by atoms with van der Waals surface area (Å²) in [4.78, 5) is 22.9. The van der Waals surface area contributed by atoms with Gasteiger partial charge in [-0.25, -0.2) is 4.79 Å². The van der Waals surface area contributed by atoms with Crippen LogP contribution in [0.25, 0.3) is 0 Å². The van der Waals surface area contributed by atoms with Crippen molar-refractivity contribution in [3.63, 3.8) is 0 Å². The van der Waals surface area contributed by atoms with Gasteiger partial charge in [-0.3, -0.25) is 4.79 Å². The number of hydrogen-bond donors (Lipinski definition) is 3. The first-order valence-corrected chi connectivity index (χ1v) is 7.18. The molecule has 0 spiro atoms. The number of halogens is 1. The summed E-state index contributed by atoms with van der Waals surface area (Å²) in [6.07, 6.45) is 1.24. The highest BCUT2D eigenvalue weighted by Gasteiger charge is 2.50. The van der Waals surface area contributed by atoms with Gasteiger partial charge in [0, 0.05) is 11.0 Å². The molecule has 1 fully saturated rings. The monoisotopic (exact) mass is 340 g/mol. The third kappa shape index (κ3) is 3.12. The molecule has 0 aromatic heterocycles. The summed E-state index contributed by atoms with van der Waals surface area (Å²) >= 11 is 3.42. The number of carboxylic acid groups (broad SMARTS) is 1. The highest BCUT2D eigenvalue weighted by atomic mass is 79.9. The molecule has 1 aromatic carbocycles. The fraction of sp³-hybridized carbons (Fsp3) is 0.429. The van der Waals surface area contributed by atoms with Gasteiger partial charge >= 0.3 is 12.0 Å². The van der Waals surface area contributed by atoms with E-state index in [9.17, 15) is 9.59 Å². The maximum Gasteiger partial charge on any atom is 0.319 e. The van der Waals surface area contributed by atoms with Crippen LogP contribution in [0.2, 0.25) is 0 Å². The minimum atomic E-state index is -0.842. The molecule has 0 bridgehead atoms. The summed E-state index contributed by atoms with van der Waals surface area (Å²) < 4.78 is 0.810. The van der Waals surface area contributed by atoms with E-state index < -0.39 is 11.4 Å². The summed E-state index contributed by atoms with van der Waals surface area (Å²) in [7, 11) is 0. The number of aryl methyl sites for hydroxylation is 2. The first kappa shape index (κ1) is 14.8. The number of amides is 2. The van der Waals surface area contributed by atoms with Crippen molar-refractivity contribution in [1.29, 1.82) is 0 Å². The molecule has 1 saturated carbocycles. The molecule has 0 atom stereocenters. The number of aliphatic carboxylic acids is 1. The molecule has 1 aliphatic carbocycles. The van der Waals surface area contributed by atoms with Crippen molar-refractivity contribution in [3.8, 4) is 0 Å². The normalized spacial score (nSPS) is 15.6. The maximum absolute atomic E-state index is 11.9. The van der Waals surface area contributed by atoms with Gasteiger partial charge in [-0.15, -0.1) is 0 Å². The quantitative estimate of drug-likeness (QED) is 0.788. The van der Waals surface area contributed by atoms with Crippen LogP contribution in [0, 0.1) is 19.3 Å². The van der Waals surface area contributed by atoms with Crippen LogP contribution in [0.1, 0.15) is 24.0 Å². The first-order chi connectivity index (χ1) is 9.34. The van der Waals surface area contributed by atoms with E-state index in [1.807, 2.05) is 26.0 Å². The zero-order valence-electron chi connectivity index (χ0n) is 11.4. The number of anilines is 1. The summed E-state index contributed by atoms with van der Waals surface area (Å²) in [6, 6.07) is 3.51. The number of hydrogen-bond acceptors (Lipinski definition) is 2. The lowest BCUT2D eigenvalue weighted by Crippen LogP contribution is -2.37. The molecule has 0 heterocycles. The van der Waals surface area contributed by atoms with Gasteiger partial charge in [0.1, 0.15) is 0 Å². The first-order valence-electron chi connectivity index (χ1n) is 6.39. The number of urea groups is 1. The summed E-state index contributed by atoms with van der Waals surface area (Å²) in [5.74, 6) is -0.842. The molecular weight excluding hydrogens is 324 g/mol. The third-order valence-corrected chi connectivity index (χ3v) is 4.19. The van der Waals surface area contributed by atoms with Gasteiger partial charge in [0.05, 0.1) is 11.1 Å². The Morgan fingerprint density at radius 1 is 1.35 bits per heavy atom. The SMILES string of the molecule is Cc1cc(C)c(NC(=O)NCC2(C(=O)O)CC2)c(Br)c1. The zero-order chi connectivity index (χ0) is 14.9. The Balaban J connectivity index is 1.97. The van der Waals surface area contributed by atoms with E-state index in [1.54, 1.807) is 0 Å². The second-order valence-electron chi connectivity index (χ2n) is 5.33. The van der Waals surface area contributed by atoms with Gasteiger partial charge in [0.2, 0.25) is 0 Å². The minimum absolute atomic E-state index is 0.163. The molecule has 1 aromatic rings. The van der Waals surface area contributed by atoms with Gasteiger partial charge in [-0.1, -0.05) is 6.07 Å². The molecule has 2 rings (SSSR count). The molecule has 6 heteroatoms. The zero-order valence-corrected chi connectivity index (χ0v) is 13.0. The third-order valence-electron chi connectivity index (χ3n) is 3.56. The van der Waals surface area contributed by atoms with Crippen LogP contribution >= 0.6 is 15.9 Å². The predicted octanol–water partition coefficient (Wildman–Crippen LogP) is 3.05. The molecule has 20 heavy (non-hydrogen) atoms. The van der Waals surface area contributed by atoms with E-state index >= 15 is 0 Å². The molecule has 0 saturated heterocycles. The van der Waals surface area contributed by atoms with Crippen LogP contribution in [0.4, 0.5) is 10.5 Å². The summed E-state index contributed by atoms with van der Waals surface area (Å²) in [5.41, 5.74) is 2.00. The van der Waals surface area contributed by atoms with Crippen LogP contribution < -0.4 is 10.6 Å². The van der Waals surface area contributed by atoms with Crippen molar-refractivity contribution in [1.82, 2.24) is 5.32 Å². The summed E-state index contributed by atoms with van der Waals surface area (Å²) in [6.45, 7) is 4.05. The molecule has 5 nitrogen and oxygen atoms in total. The molecule has 108 valence electrons. The Hall–Kier alpha value is -1.56. The standard InChI is InChI=1S/C14H17BrN2O3/c1-8-5-9(2)11(10(15)6-8)17-13(20)16-7-14(3-4-14)12(18)19/h5-6H,3-4,7H2,1-2H3,(H,18,19)(H2,16,17,20). The molecule has 2 amide bonds. The number of carbonyl (C=O) groups is 2. The average Bonchev–Trinajstić information content (AvgIpc) is 3.12. The van der Waals surface area contributed by atoms with Gasteiger partial charge < -0.3 is 15.7 Å². The predicted molar refractivity (Wildman–Crippen MR) is 79.9 cm³/mol. The van der Waals surface area contributed by atoms with E-state index in [0.717, 1.165) is 15.6 Å². The van der Waals surface area contributed by atoms with E-state index in [0.29, 0.717) is 18.5 Å². The number of benzene rings is 1. The van der Waals surface area contributed by atoms with E-state index in [2.05, 4.69) is 26.6 Å². The highest BCUT2D eigenvalue weighted by Crippen LogP contribution is 2.45. The Kier molecular flexibility index (Phi) is 4.04. The topological polar surface area (TPSA) is 78.4 Å². The van der Waals surface area contributed by atoms with Gasteiger partial charge in [0.25, 0.3) is 0 Å². The lowest BCUT2D eigenvalue weighted by atomic mass is 10.1. The van der Waals surface area contributed by atoms with Gasteiger partial charge in [-0.05, 0) is 59.8 Å². The maximum atomic E-state index is 11.9. The Morgan fingerprint density at radius 2 is 2.00 bits per heavy atom. The van der Waals surface area contributed by atoms with Crippen molar-refractivity contribution in [2.24, 2.45) is 5.41 Å². The van der Waals surface area contributed by atoms with Crippen molar-refractivity contribution in [3.05, 3.63) is 27.7 Å². The van der Waals surface area contributed by atoms with E-state index in [-0.39, 0.29) is 12.6 Å². The molecule has 0 radical (unpaired) electrons. The second kappa shape index (κ2) is 5.44. The highest BCUT2D eigenvalue weighted by molar-refractivity contribution is 9.10. The average molecular weight is 341 g/mol.